The van der Waals surface area contributed by atoms with Gasteiger partial charge >= 0.3 is 0 Å². The highest BCUT2D eigenvalue weighted by Crippen LogP contribution is 2.32. The van der Waals surface area contributed by atoms with Crippen LogP contribution in [-0.4, -0.2) is 38.6 Å². The van der Waals surface area contributed by atoms with E-state index in [1.54, 1.807) is 38.5 Å². The molecule has 154 valence electrons. The van der Waals surface area contributed by atoms with Crippen LogP contribution in [-0.2, 0) is 4.79 Å². The summed E-state index contributed by atoms with van der Waals surface area (Å²) in [5.41, 5.74) is 7.37. The Labute approximate surface area is 170 Å². The van der Waals surface area contributed by atoms with Gasteiger partial charge in [-0.2, -0.15) is 0 Å². The normalized spacial score (nSPS) is 19.4. The van der Waals surface area contributed by atoms with Gasteiger partial charge in [-0.3, -0.25) is 9.59 Å². The molecular weight excluding hydrogens is 370 g/mol. The summed E-state index contributed by atoms with van der Waals surface area (Å²) in [6.45, 7) is 2.84. The minimum atomic E-state index is -0.493. The Bertz CT molecular complexity index is 882. The van der Waals surface area contributed by atoms with Gasteiger partial charge in [0.2, 0.25) is 5.91 Å². The minimum Gasteiger partial charge on any atom is -0.497 e. The van der Waals surface area contributed by atoms with Crippen molar-refractivity contribution in [2.75, 3.05) is 26.1 Å². The molecule has 0 saturated carbocycles. The van der Waals surface area contributed by atoms with Crippen LogP contribution >= 0.6 is 0 Å². The molecule has 7 heteroatoms. The molecule has 1 fully saturated rings. The van der Waals surface area contributed by atoms with Crippen LogP contribution in [0.4, 0.5) is 5.69 Å². The first-order chi connectivity index (χ1) is 13.9. The van der Waals surface area contributed by atoms with Crippen LogP contribution in [0.25, 0.3) is 0 Å². The summed E-state index contributed by atoms with van der Waals surface area (Å²) >= 11 is 0. The smallest absolute Gasteiger partial charge is 0.282 e. The van der Waals surface area contributed by atoms with Crippen molar-refractivity contribution in [1.82, 2.24) is 0 Å². The van der Waals surface area contributed by atoms with Crippen LogP contribution in [0.15, 0.2) is 42.5 Å². The highest BCUT2D eigenvalue weighted by atomic mass is 16.5. The van der Waals surface area contributed by atoms with Crippen molar-refractivity contribution in [3.8, 4) is 11.5 Å². The van der Waals surface area contributed by atoms with Crippen molar-refractivity contribution in [2.24, 2.45) is 5.73 Å². The van der Waals surface area contributed by atoms with E-state index < -0.39 is 5.91 Å². The average Bonchev–Trinajstić information content (AvgIpc) is 3.22. The summed E-state index contributed by atoms with van der Waals surface area (Å²) in [6.07, 6.45) is 2.01. The number of quaternary nitrogens is 1. The highest BCUT2D eigenvalue weighted by molar-refractivity contribution is 5.95. The molecule has 7 nitrogen and oxygen atoms in total. The summed E-state index contributed by atoms with van der Waals surface area (Å²) in [4.78, 5) is 25.3. The molecule has 1 aliphatic heterocycles. The molecule has 0 spiro atoms. The molecular formula is C22H28N3O4+. The van der Waals surface area contributed by atoms with Crippen molar-refractivity contribution in [3.63, 3.8) is 0 Å². The molecule has 0 bridgehead atoms. The molecule has 0 aromatic heterocycles. The Balaban J connectivity index is 1.76. The monoisotopic (exact) mass is 398 g/mol. The summed E-state index contributed by atoms with van der Waals surface area (Å²) in [6, 6.07) is 12.3. The number of hydrogen-bond acceptors (Lipinski definition) is 4. The van der Waals surface area contributed by atoms with E-state index >= 15 is 0 Å². The molecule has 2 aromatic rings. The lowest BCUT2D eigenvalue weighted by molar-refractivity contribution is -0.932. The molecule has 1 heterocycles. The van der Waals surface area contributed by atoms with E-state index in [0.29, 0.717) is 11.3 Å². The Kier molecular flexibility index (Phi) is 6.39. The molecule has 4 N–H and O–H groups in total. The Hall–Kier alpha value is -3.06. The molecule has 0 aliphatic carbocycles. The number of likely N-dealkylation sites (tertiary alicyclic amines) is 1. The number of nitrogens with two attached hydrogens (primary N) is 1. The molecule has 1 unspecified atom stereocenters. The topological polar surface area (TPSA) is 95.1 Å². The number of carbonyl (C=O) groups is 2. The van der Waals surface area contributed by atoms with Crippen molar-refractivity contribution >= 4 is 17.5 Å². The van der Waals surface area contributed by atoms with Crippen LogP contribution in [0.3, 0.4) is 0 Å². The minimum absolute atomic E-state index is 0.0689. The third kappa shape index (κ3) is 4.51. The van der Waals surface area contributed by atoms with Gasteiger partial charge in [-0.05, 0) is 49.4 Å². The van der Waals surface area contributed by atoms with Crippen LogP contribution in [0.5, 0.6) is 11.5 Å². The number of carbonyl (C=O) groups excluding carboxylic acids is 2. The standard InChI is InChI=1S/C22H27N3O4/c1-14(22(27)24-16-8-6-15(7-9-16)21(23)26)25-12-4-5-19(25)18-13-17(28-2)10-11-20(18)29-3/h6-11,13-14,19H,4-5,12H2,1-3H3,(H2,23,26)(H,24,27)/p+1/t14-,19-/m1/s1. The number of benzene rings is 2. The number of amides is 2. The second-order valence-electron chi connectivity index (χ2n) is 7.28. The Morgan fingerprint density at radius 1 is 1.14 bits per heavy atom. The molecule has 1 aliphatic rings. The van der Waals surface area contributed by atoms with Gasteiger partial charge in [-0.1, -0.05) is 0 Å². The third-order valence-electron chi connectivity index (χ3n) is 5.60. The van der Waals surface area contributed by atoms with E-state index in [0.717, 1.165) is 36.4 Å². The quantitative estimate of drug-likeness (QED) is 0.660. The van der Waals surface area contributed by atoms with Crippen molar-refractivity contribution in [3.05, 3.63) is 53.6 Å². The lowest BCUT2D eigenvalue weighted by Gasteiger charge is -2.28. The first-order valence-corrected chi connectivity index (χ1v) is 9.72. The SMILES string of the molecule is COc1ccc(OC)c([C@H]2CCC[NH+]2[C@H](C)C(=O)Nc2ccc(C(N)=O)cc2)c1. The second-order valence-corrected chi connectivity index (χ2v) is 7.28. The zero-order chi connectivity index (χ0) is 21.0. The van der Waals surface area contributed by atoms with E-state index in [1.165, 1.54) is 4.90 Å². The van der Waals surface area contributed by atoms with Gasteiger partial charge in [0.15, 0.2) is 6.04 Å². The summed E-state index contributed by atoms with van der Waals surface area (Å²) in [5.74, 6) is 1.02. The van der Waals surface area contributed by atoms with E-state index in [1.807, 2.05) is 25.1 Å². The van der Waals surface area contributed by atoms with Crippen molar-refractivity contribution < 1.29 is 24.0 Å². The number of primary amides is 1. The van der Waals surface area contributed by atoms with Gasteiger partial charge in [0, 0.05) is 24.1 Å². The lowest BCUT2D eigenvalue weighted by Crippen LogP contribution is -3.15. The molecule has 1 saturated heterocycles. The predicted octanol–water partition coefficient (Wildman–Crippen LogP) is 1.55. The first kappa shape index (κ1) is 20.7. The van der Waals surface area contributed by atoms with Gasteiger partial charge < -0.3 is 25.4 Å². The summed E-state index contributed by atoms with van der Waals surface area (Å²) in [7, 11) is 3.30. The molecule has 2 aromatic carbocycles. The number of nitrogens with one attached hydrogen (secondary N) is 2. The fraction of sp³-hybridized carbons (Fsp3) is 0.364. The summed E-state index contributed by atoms with van der Waals surface area (Å²) < 4.78 is 11.0. The number of methoxy groups -OCH3 is 2. The molecule has 29 heavy (non-hydrogen) atoms. The van der Waals surface area contributed by atoms with Crippen molar-refractivity contribution in [1.29, 1.82) is 0 Å². The van der Waals surface area contributed by atoms with Gasteiger partial charge in [0.1, 0.15) is 17.5 Å². The number of hydrogen-bond donors (Lipinski definition) is 3. The third-order valence-corrected chi connectivity index (χ3v) is 5.60. The molecule has 0 radical (unpaired) electrons. The molecule has 3 rings (SSSR count). The van der Waals surface area contributed by atoms with Crippen LogP contribution in [0.2, 0.25) is 0 Å². The predicted molar refractivity (Wildman–Crippen MR) is 110 cm³/mol. The number of rotatable bonds is 7. The van der Waals surface area contributed by atoms with E-state index in [4.69, 9.17) is 15.2 Å². The van der Waals surface area contributed by atoms with E-state index in [2.05, 4.69) is 5.32 Å². The fourth-order valence-electron chi connectivity index (χ4n) is 3.99. The largest absolute Gasteiger partial charge is 0.497 e. The first-order valence-electron chi connectivity index (χ1n) is 9.72. The molecule has 2 amide bonds. The van der Waals surface area contributed by atoms with Crippen LogP contribution in [0, 0.1) is 0 Å². The van der Waals surface area contributed by atoms with Crippen LogP contribution < -0.4 is 25.4 Å². The second kappa shape index (κ2) is 8.96. The average molecular weight is 398 g/mol. The number of anilines is 1. The van der Waals surface area contributed by atoms with Crippen molar-refractivity contribution in [2.45, 2.75) is 31.8 Å². The van der Waals surface area contributed by atoms with Gasteiger partial charge in [0.05, 0.1) is 26.3 Å². The van der Waals surface area contributed by atoms with E-state index in [-0.39, 0.29) is 18.0 Å². The Morgan fingerprint density at radius 2 is 1.86 bits per heavy atom. The fourth-order valence-corrected chi connectivity index (χ4v) is 3.99. The maximum absolute atomic E-state index is 12.9. The lowest BCUT2D eigenvalue weighted by atomic mass is 10.0. The Morgan fingerprint density at radius 3 is 2.48 bits per heavy atom. The maximum Gasteiger partial charge on any atom is 0.282 e. The van der Waals surface area contributed by atoms with Gasteiger partial charge in [-0.15, -0.1) is 0 Å². The highest BCUT2D eigenvalue weighted by Gasteiger charge is 2.38. The van der Waals surface area contributed by atoms with Gasteiger partial charge in [0.25, 0.3) is 5.91 Å². The summed E-state index contributed by atoms with van der Waals surface area (Å²) in [5, 5.41) is 2.94. The maximum atomic E-state index is 12.9. The van der Waals surface area contributed by atoms with E-state index in [9.17, 15) is 9.59 Å². The van der Waals surface area contributed by atoms with Crippen LogP contribution in [0.1, 0.15) is 41.7 Å². The zero-order valence-corrected chi connectivity index (χ0v) is 17.0. The number of ether oxygens (including phenoxy) is 2. The zero-order valence-electron chi connectivity index (χ0n) is 17.0. The molecule has 3 atom stereocenters. The van der Waals surface area contributed by atoms with Gasteiger partial charge in [-0.25, -0.2) is 0 Å².